The molecule has 0 amide bonds. The van der Waals surface area contributed by atoms with Crippen molar-refractivity contribution in [3.05, 3.63) is 29.1 Å². The van der Waals surface area contributed by atoms with Crippen molar-refractivity contribution in [2.45, 2.75) is 32.8 Å². The molecule has 1 unspecified atom stereocenters. The maximum Gasteiger partial charge on any atom is 0.387 e. The summed E-state index contributed by atoms with van der Waals surface area (Å²) in [5, 5.41) is 0. The predicted molar refractivity (Wildman–Crippen MR) is 54.2 cm³/mol. The average molecular weight is 230 g/mol. The van der Waals surface area contributed by atoms with Gasteiger partial charge in [-0.2, -0.15) is 8.78 Å². The quantitative estimate of drug-likeness (QED) is 0.754. The van der Waals surface area contributed by atoms with E-state index in [1.807, 2.05) is 0 Å². The van der Waals surface area contributed by atoms with Gasteiger partial charge >= 0.3 is 6.61 Å². The van der Waals surface area contributed by atoms with Gasteiger partial charge in [-0.1, -0.05) is 6.92 Å². The summed E-state index contributed by atoms with van der Waals surface area (Å²) < 4.78 is 41.5. The van der Waals surface area contributed by atoms with Gasteiger partial charge in [-0.25, -0.2) is 4.39 Å². The molecule has 1 nitrogen and oxygen atoms in total. The number of halogens is 3. The minimum Gasteiger partial charge on any atom is -0.432 e. The van der Waals surface area contributed by atoms with E-state index in [2.05, 4.69) is 11.7 Å². The lowest BCUT2D eigenvalue weighted by atomic mass is 9.85. The molecule has 0 heterocycles. The summed E-state index contributed by atoms with van der Waals surface area (Å²) in [4.78, 5) is 0. The molecule has 0 saturated carbocycles. The number of fused-ring (bicyclic) bond motifs is 1. The summed E-state index contributed by atoms with van der Waals surface area (Å²) >= 11 is 0. The van der Waals surface area contributed by atoms with Gasteiger partial charge in [-0.3, -0.25) is 0 Å². The van der Waals surface area contributed by atoms with E-state index in [1.165, 1.54) is 12.1 Å². The van der Waals surface area contributed by atoms with Gasteiger partial charge in [0.15, 0.2) is 11.6 Å². The number of aryl methyl sites for hydroxylation is 1. The Morgan fingerprint density at radius 2 is 2.06 bits per heavy atom. The number of alkyl halides is 2. The second-order valence-corrected chi connectivity index (χ2v) is 4.28. The Bertz CT molecular complexity index is 390. The van der Waals surface area contributed by atoms with E-state index in [-0.39, 0.29) is 5.75 Å². The van der Waals surface area contributed by atoms with Crippen LogP contribution in [0.2, 0.25) is 0 Å². The van der Waals surface area contributed by atoms with Crippen molar-refractivity contribution < 1.29 is 17.9 Å². The smallest absolute Gasteiger partial charge is 0.387 e. The Morgan fingerprint density at radius 3 is 2.75 bits per heavy atom. The molecule has 0 fully saturated rings. The monoisotopic (exact) mass is 230 g/mol. The summed E-state index contributed by atoms with van der Waals surface area (Å²) in [5.41, 5.74) is 1.84. The molecule has 0 saturated heterocycles. The van der Waals surface area contributed by atoms with E-state index in [0.29, 0.717) is 5.92 Å². The van der Waals surface area contributed by atoms with E-state index in [1.54, 1.807) is 0 Å². The first-order valence-corrected chi connectivity index (χ1v) is 5.32. The lowest BCUT2D eigenvalue weighted by molar-refractivity contribution is -0.0522. The highest BCUT2D eigenvalue weighted by Gasteiger charge is 2.19. The largest absolute Gasteiger partial charge is 0.432 e. The van der Waals surface area contributed by atoms with Crippen LogP contribution in [0.15, 0.2) is 12.1 Å². The summed E-state index contributed by atoms with van der Waals surface area (Å²) in [7, 11) is 0. The van der Waals surface area contributed by atoms with Gasteiger partial charge in [0.1, 0.15) is 0 Å². The van der Waals surface area contributed by atoms with Gasteiger partial charge in [-0.05, 0) is 48.4 Å². The van der Waals surface area contributed by atoms with Gasteiger partial charge in [-0.15, -0.1) is 0 Å². The van der Waals surface area contributed by atoms with E-state index >= 15 is 0 Å². The van der Waals surface area contributed by atoms with Gasteiger partial charge < -0.3 is 4.74 Å². The van der Waals surface area contributed by atoms with Crippen LogP contribution < -0.4 is 4.74 Å². The highest BCUT2D eigenvalue weighted by molar-refractivity contribution is 5.38. The van der Waals surface area contributed by atoms with Crippen LogP contribution in [0, 0.1) is 11.7 Å². The molecule has 0 aromatic heterocycles. The van der Waals surface area contributed by atoms with Crippen LogP contribution in [0.3, 0.4) is 0 Å². The summed E-state index contributed by atoms with van der Waals surface area (Å²) in [6.45, 7) is -0.875. The maximum atomic E-state index is 13.4. The molecule has 1 aromatic carbocycles. The second-order valence-electron chi connectivity index (χ2n) is 4.28. The van der Waals surface area contributed by atoms with E-state index in [9.17, 15) is 13.2 Å². The highest BCUT2D eigenvalue weighted by atomic mass is 19.3. The number of rotatable bonds is 2. The van der Waals surface area contributed by atoms with Crippen molar-refractivity contribution in [2.75, 3.05) is 0 Å². The highest BCUT2D eigenvalue weighted by Crippen LogP contribution is 2.31. The molecule has 1 aliphatic carbocycles. The van der Waals surface area contributed by atoms with Crippen LogP contribution in [0.25, 0.3) is 0 Å². The standard InChI is InChI=1S/C12H13F3O/c1-7-2-3-8-6-11(16-12(14)15)10(13)5-9(8)4-7/h5-7,12H,2-4H2,1H3. The van der Waals surface area contributed by atoms with Gasteiger partial charge in [0.2, 0.25) is 0 Å². The molecule has 0 bridgehead atoms. The third-order valence-corrected chi connectivity index (χ3v) is 2.95. The molecule has 0 radical (unpaired) electrons. The van der Waals surface area contributed by atoms with Gasteiger partial charge in [0.05, 0.1) is 0 Å². The fraction of sp³-hybridized carbons (Fsp3) is 0.500. The number of hydrogen-bond acceptors (Lipinski definition) is 1. The zero-order valence-electron chi connectivity index (χ0n) is 8.97. The van der Waals surface area contributed by atoms with Crippen LogP contribution in [0.1, 0.15) is 24.5 Å². The molecule has 0 N–H and O–H groups in total. The Kier molecular flexibility index (Phi) is 3.08. The Labute approximate surface area is 92.2 Å². The Balaban J connectivity index is 2.30. The van der Waals surface area contributed by atoms with E-state index in [0.717, 1.165) is 30.4 Å². The molecule has 4 heteroatoms. The van der Waals surface area contributed by atoms with Gasteiger partial charge in [0.25, 0.3) is 0 Å². The molecule has 1 aromatic rings. The normalized spacial score (nSPS) is 19.7. The minimum absolute atomic E-state index is 0.344. The van der Waals surface area contributed by atoms with Crippen molar-refractivity contribution in [3.8, 4) is 5.75 Å². The van der Waals surface area contributed by atoms with Gasteiger partial charge in [0, 0.05) is 0 Å². The van der Waals surface area contributed by atoms with Crippen molar-refractivity contribution in [1.29, 1.82) is 0 Å². The Morgan fingerprint density at radius 1 is 1.31 bits per heavy atom. The summed E-state index contributed by atoms with van der Waals surface area (Å²) in [6, 6.07) is 2.73. The molecule has 1 atom stereocenters. The van der Waals surface area contributed by atoms with Crippen LogP contribution >= 0.6 is 0 Å². The maximum absolute atomic E-state index is 13.4. The fourth-order valence-electron chi connectivity index (χ4n) is 2.13. The van der Waals surface area contributed by atoms with Crippen molar-refractivity contribution in [2.24, 2.45) is 5.92 Å². The second kappa shape index (κ2) is 4.36. The first-order valence-electron chi connectivity index (χ1n) is 5.32. The molecule has 16 heavy (non-hydrogen) atoms. The van der Waals surface area contributed by atoms with E-state index in [4.69, 9.17) is 0 Å². The van der Waals surface area contributed by atoms with Crippen LogP contribution in [0.4, 0.5) is 13.2 Å². The topological polar surface area (TPSA) is 9.23 Å². The zero-order chi connectivity index (χ0) is 11.7. The average Bonchev–Trinajstić information content (AvgIpc) is 2.19. The molecule has 88 valence electrons. The minimum atomic E-state index is -2.98. The fourth-order valence-corrected chi connectivity index (χ4v) is 2.13. The van der Waals surface area contributed by atoms with Crippen LogP contribution in [-0.4, -0.2) is 6.61 Å². The first kappa shape index (κ1) is 11.3. The van der Waals surface area contributed by atoms with Crippen molar-refractivity contribution in [3.63, 3.8) is 0 Å². The van der Waals surface area contributed by atoms with Crippen molar-refractivity contribution in [1.82, 2.24) is 0 Å². The molecular formula is C12H13F3O. The molecule has 1 aliphatic rings. The number of benzene rings is 1. The lowest BCUT2D eigenvalue weighted by Gasteiger charge is -2.22. The number of hydrogen-bond donors (Lipinski definition) is 0. The summed E-state index contributed by atoms with van der Waals surface area (Å²) in [6.07, 6.45) is 2.62. The molecule has 0 spiro atoms. The predicted octanol–water partition coefficient (Wildman–Crippen LogP) is 3.55. The summed E-state index contributed by atoms with van der Waals surface area (Å²) in [5.74, 6) is -0.523. The van der Waals surface area contributed by atoms with Crippen molar-refractivity contribution >= 4 is 0 Å². The molecular weight excluding hydrogens is 217 g/mol. The lowest BCUT2D eigenvalue weighted by Crippen LogP contribution is -2.13. The third kappa shape index (κ3) is 2.31. The number of ether oxygens (including phenoxy) is 1. The Hall–Kier alpha value is -1.19. The van der Waals surface area contributed by atoms with E-state index < -0.39 is 12.4 Å². The molecule has 0 aliphatic heterocycles. The van der Waals surface area contributed by atoms with Crippen LogP contribution in [-0.2, 0) is 12.8 Å². The van der Waals surface area contributed by atoms with Crippen LogP contribution in [0.5, 0.6) is 5.75 Å². The zero-order valence-corrected chi connectivity index (χ0v) is 8.97. The third-order valence-electron chi connectivity index (χ3n) is 2.95. The molecule has 2 rings (SSSR count). The first-order chi connectivity index (χ1) is 7.56. The SMILES string of the molecule is CC1CCc2cc(OC(F)F)c(F)cc2C1.